The molecular formula is C20H14O4. The van der Waals surface area contributed by atoms with E-state index in [-0.39, 0.29) is 11.5 Å². The molecule has 0 aliphatic heterocycles. The first kappa shape index (κ1) is 11.2. The molecule has 3 rings (SSSR count). The Kier molecular flexibility index (Phi) is 3.37. The van der Waals surface area contributed by atoms with Gasteiger partial charge in [-0.2, -0.15) is 0 Å². The lowest BCUT2D eigenvalue weighted by Gasteiger charge is -2.09. The molecule has 0 aliphatic rings. The fourth-order valence-corrected chi connectivity index (χ4v) is 1.91. The Morgan fingerprint density at radius 2 is 1.04 bits per heavy atom. The number of esters is 2. The van der Waals surface area contributed by atoms with Gasteiger partial charge in [0.2, 0.25) is 0 Å². The number of ether oxygens (including phenoxy) is 2. The third kappa shape index (κ3) is 3.67. The Labute approximate surface area is 144 Å². The highest BCUT2D eigenvalue weighted by atomic mass is 16.5. The molecule has 0 heterocycles. The minimum absolute atomic E-state index is 0.169. The van der Waals surface area contributed by atoms with Gasteiger partial charge < -0.3 is 9.47 Å². The van der Waals surface area contributed by atoms with Crippen molar-refractivity contribution in [2.24, 2.45) is 0 Å². The zero-order valence-corrected chi connectivity index (χ0v) is 12.4. The predicted molar refractivity (Wildman–Crippen MR) is 89.2 cm³/mol. The number of hydrogen-bond acceptors (Lipinski definition) is 4. The summed E-state index contributed by atoms with van der Waals surface area (Å²) in [4.78, 5) is 25.3. The molecule has 0 amide bonds. The first-order valence-corrected chi connectivity index (χ1v) is 7.05. The van der Waals surface area contributed by atoms with Crippen LogP contribution in [0.15, 0.2) is 84.8 Å². The summed E-state index contributed by atoms with van der Waals surface area (Å²) in [6.07, 6.45) is 0. The van der Waals surface area contributed by atoms with Crippen molar-refractivity contribution >= 4 is 11.9 Å². The Bertz CT molecular complexity index is 953. The van der Waals surface area contributed by atoms with Crippen LogP contribution in [0.2, 0.25) is 0 Å². The van der Waals surface area contributed by atoms with Crippen LogP contribution in [0.3, 0.4) is 0 Å². The number of hydrogen-bond donors (Lipinski definition) is 0. The van der Waals surface area contributed by atoms with Gasteiger partial charge in [0.1, 0.15) is 11.5 Å². The number of rotatable bonds is 4. The smallest absolute Gasteiger partial charge is 0.344 e. The van der Waals surface area contributed by atoms with Gasteiger partial charge in [-0.05, 0) is 36.4 Å². The van der Waals surface area contributed by atoms with Gasteiger partial charge in [-0.3, -0.25) is 0 Å². The summed E-state index contributed by atoms with van der Waals surface area (Å²) in [7, 11) is 0. The van der Waals surface area contributed by atoms with E-state index in [1.807, 2.05) is 0 Å². The van der Waals surface area contributed by atoms with Crippen LogP contribution < -0.4 is 9.47 Å². The number of carbonyl (C=O) groups is 2. The van der Waals surface area contributed by atoms with Crippen LogP contribution in [0.1, 0.15) is 26.2 Å². The normalized spacial score (nSPS) is 12.3. The van der Waals surface area contributed by atoms with Crippen molar-refractivity contribution in [3.8, 4) is 11.5 Å². The molecule has 24 heavy (non-hydrogen) atoms. The van der Waals surface area contributed by atoms with Crippen LogP contribution in [0, 0.1) is 0 Å². The molecule has 0 aromatic heterocycles. The lowest BCUT2D eigenvalue weighted by atomic mass is 10.1. The minimum Gasteiger partial charge on any atom is -0.423 e. The molecule has 4 nitrogen and oxygen atoms in total. The number of carbonyl (C=O) groups excluding carboxylic acids is 2. The van der Waals surface area contributed by atoms with Crippen molar-refractivity contribution < 1.29 is 24.5 Å². The number of para-hydroxylation sites is 2. The number of benzene rings is 3. The summed E-state index contributed by atoms with van der Waals surface area (Å²) in [6, 6.07) is 13.3. The third-order valence-corrected chi connectivity index (χ3v) is 3.00. The van der Waals surface area contributed by atoms with Gasteiger partial charge in [0.15, 0.2) is 0 Å². The topological polar surface area (TPSA) is 52.6 Å². The largest absolute Gasteiger partial charge is 0.423 e. The van der Waals surface area contributed by atoms with E-state index in [4.69, 9.17) is 15.0 Å². The predicted octanol–water partition coefficient (Wildman–Crippen LogP) is 4.13. The maximum Gasteiger partial charge on any atom is 0.344 e. The fraction of sp³-hybridized carbons (Fsp3) is 0. The van der Waals surface area contributed by atoms with Gasteiger partial charge in [-0.25, -0.2) is 9.59 Å². The standard InChI is InChI=1S/C20H14O4/c21-19(23-15-9-3-1-4-10-15)17-13-7-8-14-18(17)20(22)24-16-11-5-2-6-12-16/h1-14H/i7D,8D,13D,14D. The van der Waals surface area contributed by atoms with Gasteiger partial charge >= 0.3 is 11.9 Å². The van der Waals surface area contributed by atoms with Crippen LogP contribution in [0.25, 0.3) is 0 Å². The van der Waals surface area contributed by atoms with Crippen LogP contribution in [0.4, 0.5) is 0 Å². The summed E-state index contributed by atoms with van der Waals surface area (Å²) in [5.41, 5.74) is -1.17. The summed E-state index contributed by atoms with van der Waals surface area (Å²) in [6.45, 7) is 0. The maximum atomic E-state index is 12.7. The molecule has 0 radical (unpaired) electrons. The molecule has 0 spiro atoms. The second kappa shape index (κ2) is 7.24. The van der Waals surface area contributed by atoms with Crippen LogP contribution in [0.5, 0.6) is 11.5 Å². The van der Waals surface area contributed by atoms with E-state index >= 15 is 0 Å². The molecule has 0 aliphatic carbocycles. The van der Waals surface area contributed by atoms with Gasteiger partial charge in [0.25, 0.3) is 0 Å². The molecule has 4 heteroatoms. The fourth-order valence-electron chi connectivity index (χ4n) is 1.91. The third-order valence-electron chi connectivity index (χ3n) is 3.00. The lowest BCUT2D eigenvalue weighted by Crippen LogP contribution is -2.17. The molecular weight excluding hydrogens is 304 g/mol. The first-order chi connectivity index (χ1) is 13.4. The molecule has 3 aromatic carbocycles. The molecule has 0 N–H and O–H groups in total. The van der Waals surface area contributed by atoms with E-state index in [1.165, 1.54) is 24.3 Å². The van der Waals surface area contributed by atoms with Crippen molar-refractivity contribution in [3.05, 3.63) is 96.0 Å². The van der Waals surface area contributed by atoms with E-state index < -0.39 is 47.2 Å². The van der Waals surface area contributed by atoms with Crippen molar-refractivity contribution in [2.75, 3.05) is 0 Å². The van der Waals surface area contributed by atoms with Gasteiger partial charge in [-0.1, -0.05) is 48.5 Å². The second-order valence-corrected chi connectivity index (χ2v) is 4.66. The Hall–Kier alpha value is -3.40. The quantitative estimate of drug-likeness (QED) is 0.535. The molecule has 0 atom stereocenters. The van der Waals surface area contributed by atoms with Gasteiger partial charge in [0, 0.05) is 0 Å². The van der Waals surface area contributed by atoms with E-state index in [2.05, 4.69) is 0 Å². The SMILES string of the molecule is [2H]c1c([2H])c([2H])c(C(=O)Oc2ccccc2)c(C(=O)Oc2ccccc2)c1[2H]. The molecule has 0 saturated heterocycles. The maximum absolute atomic E-state index is 12.7. The molecule has 0 bridgehead atoms. The summed E-state index contributed by atoms with van der Waals surface area (Å²) in [5.74, 6) is -1.83. The Morgan fingerprint density at radius 1 is 0.667 bits per heavy atom. The van der Waals surface area contributed by atoms with Crippen LogP contribution >= 0.6 is 0 Å². The lowest BCUT2D eigenvalue weighted by molar-refractivity contribution is 0.0692. The van der Waals surface area contributed by atoms with E-state index in [9.17, 15) is 9.59 Å². The molecule has 3 aromatic rings. The molecule has 0 fully saturated rings. The summed E-state index contributed by atoms with van der Waals surface area (Å²) in [5, 5.41) is 0. The van der Waals surface area contributed by atoms with Crippen molar-refractivity contribution in [3.63, 3.8) is 0 Å². The van der Waals surface area contributed by atoms with Crippen molar-refractivity contribution in [1.82, 2.24) is 0 Å². The highest BCUT2D eigenvalue weighted by molar-refractivity contribution is 6.04. The zero-order valence-electron chi connectivity index (χ0n) is 16.4. The Balaban J connectivity index is 2.07. The molecule has 0 saturated carbocycles. The first-order valence-electron chi connectivity index (χ1n) is 9.05. The highest BCUT2D eigenvalue weighted by Gasteiger charge is 2.20. The van der Waals surface area contributed by atoms with Crippen molar-refractivity contribution in [1.29, 1.82) is 0 Å². The van der Waals surface area contributed by atoms with Gasteiger partial charge in [0.05, 0.1) is 16.6 Å². The van der Waals surface area contributed by atoms with E-state index in [0.717, 1.165) is 0 Å². The Morgan fingerprint density at radius 3 is 1.42 bits per heavy atom. The average Bonchev–Trinajstić information content (AvgIpc) is 2.70. The summed E-state index contributed by atoms with van der Waals surface area (Å²) >= 11 is 0. The minimum atomic E-state index is -1.08. The van der Waals surface area contributed by atoms with Gasteiger partial charge in [-0.15, -0.1) is 0 Å². The summed E-state index contributed by atoms with van der Waals surface area (Å²) < 4.78 is 42.0. The van der Waals surface area contributed by atoms with E-state index in [0.29, 0.717) is 0 Å². The van der Waals surface area contributed by atoms with E-state index in [1.54, 1.807) is 36.4 Å². The van der Waals surface area contributed by atoms with Crippen LogP contribution in [-0.2, 0) is 0 Å². The monoisotopic (exact) mass is 322 g/mol. The average molecular weight is 322 g/mol. The zero-order chi connectivity index (χ0) is 20.3. The van der Waals surface area contributed by atoms with Crippen LogP contribution in [-0.4, -0.2) is 11.9 Å². The molecule has 118 valence electrons. The molecule has 0 unspecified atom stereocenters. The highest BCUT2D eigenvalue weighted by Crippen LogP contribution is 2.17. The second-order valence-electron chi connectivity index (χ2n) is 4.66. The van der Waals surface area contributed by atoms with Crippen molar-refractivity contribution in [2.45, 2.75) is 0 Å².